The fourth-order valence-electron chi connectivity index (χ4n) is 1.56. The predicted octanol–water partition coefficient (Wildman–Crippen LogP) is 1.09. The third-order valence-electron chi connectivity index (χ3n) is 2.43. The van der Waals surface area contributed by atoms with Gasteiger partial charge in [-0.25, -0.2) is 0 Å². The molecule has 0 bridgehead atoms. The molecule has 104 valence electrons. The molecule has 3 N–H and O–H groups in total. The number of carbonyl (C=O) groups is 1. The Hall–Kier alpha value is -2.39. The van der Waals surface area contributed by atoms with E-state index in [9.17, 15) is 14.9 Å². The molecule has 0 unspecified atom stereocenters. The van der Waals surface area contributed by atoms with E-state index in [2.05, 4.69) is 15.5 Å². The summed E-state index contributed by atoms with van der Waals surface area (Å²) < 4.78 is 0. The minimum Gasteiger partial charge on any atom is -0.324 e. The first-order chi connectivity index (χ1) is 9.60. The molecule has 0 saturated carbocycles. The number of nitrogens with two attached hydrogens (primary N) is 1. The number of nitrogens with one attached hydrogen (secondary N) is 1. The minimum atomic E-state index is -0.514. The third kappa shape index (κ3) is 3.33. The van der Waals surface area contributed by atoms with Gasteiger partial charge in [-0.1, -0.05) is 29.5 Å². The third-order valence-corrected chi connectivity index (χ3v) is 3.29. The fraction of sp³-hybridized carbons (Fsp3) is 0.182. The summed E-state index contributed by atoms with van der Waals surface area (Å²) in [5.41, 5.74) is 5.66. The van der Waals surface area contributed by atoms with E-state index in [-0.39, 0.29) is 24.6 Å². The van der Waals surface area contributed by atoms with Gasteiger partial charge in [-0.3, -0.25) is 14.9 Å². The van der Waals surface area contributed by atoms with Crippen molar-refractivity contribution in [1.82, 2.24) is 10.2 Å². The smallest absolute Gasteiger partial charge is 0.273 e. The molecule has 1 heterocycles. The fourth-order valence-corrected chi connectivity index (χ4v) is 2.20. The van der Waals surface area contributed by atoms with Crippen LogP contribution in [0.2, 0.25) is 0 Å². The van der Waals surface area contributed by atoms with Crippen LogP contribution < -0.4 is 11.1 Å². The van der Waals surface area contributed by atoms with Crippen LogP contribution >= 0.6 is 11.3 Å². The maximum Gasteiger partial charge on any atom is 0.273 e. The predicted molar refractivity (Wildman–Crippen MR) is 73.2 cm³/mol. The van der Waals surface area contributed by atoms with E-state index in [1.807, 2.05) is 0 Å². The van der Waals surface area contributed by atoms with Crippen molar-refractivity contribution < 1.29 is 9.72 Å². The van der Waals surface area contributed by atoms with Gasteiger partial charge in [0.05, 0.1) is 11.3 Å². The maximum atomic E-state index is 11.8. The molecule has 0 atom stereocenters. The van der Waals surface area contributed by atoms with Gasteiger partial charge in [0.15, 0.2) is 0 Å². The molecule has 0 saturated heterocycles. The van der Waals surface area contributed by atoms with Crippen LogP contribution in [0.25, 0.3) is 0 Å². The lowest BCUT2D eigenvalue weighted by Crippen LogP contribution is -2.15. The molecule has 0 aliphatic carbocycles. The Morgan fingerprint density at radius 1 is 1.40 bits per heavy atom. The highest BCUT2D eigenvalue weighted by Gasteiger charge is 2.16. The highest BCUT2D eigenvalue weighted by molar-refractivity contribution is 7.15. The van der Waals surface area contributed by atoms with Crippen LogP contribution in [0.4, 0.5) is 10.8 Å². The molecule has 1 aromatic carbocycles. The Morgan fingerprint density at radius 3 is 2.80 bits per heavy atom. The molecular weight excluding hydrogens is 282 g/mol. The molecule has 0 aliphatic heterocycles. The van der Waals surface area contributed by atoms with Crippen molar-refractivity contribution >= 4 is 28.1 Å². The molecule has 0 aliphatic rings. The normalized spacial score (nSPS) is 10.2. The largest absolute Gasteiger partial charge is 0.324 e. The van der Waals surface area contributed by atoms with Gasteiger partial charge in [-0.15, -0.1) is 10.2 Å². The van der Waals surface area contributed by atoms with Crippen molar-refractivity contribution in [3.8, 4) is 0 Å². The molecule has 2 rings (SSSR count). The molecule has 1 amide bonds. The number of nitrogens with zero attached hydrogens (tertiary/aromatic N) is 3. The van der Waals surface area contributed by atoms with Gasteiger partial charge in [0, 0.05) is 18.2 Å². The van der Waals surface area contributed by atoms with Crippen LogP contribution in [-0.4, -0.2) is 21.0 Å². The number of aromatic nitrogens is 2. The number of nitro benzene ring substituents is 1. The van der Waals surface area contributed by atoms with Crippen LogP contribution in [0.3, 0.4) is 0 Å². The van der Waals surface area contributed by atoms with Crippen molar-refractivity contribution in [3.63, 3.8) is 0 Å². The molecule has 2 aromatic rings. The number of hydrogen-bond donors (Lipinski definition) is 2. The lowest BCUT2D eigenvalue weighted by Gasteiger charge is -2.02. The Kier molecular flexibility index (Phi) is 4.33. The van der Waals surface area contributed by atoms with E-state index in [1.54, 1.807) is 18.2 Å². The molecule has 0 radical (unpaired) electrons. The van der Waals surface area contributed by atoms with Gasteiger partial charge >= 0.3 is 0 Å². The summed E-state index contributed by atoms with van der Waals surface area (Å²) in [6.07, 6.45) is -0.102. The monoisotopic (exact) mass is 293 g/mol. The first-order valence-corrected chi connectivity index (χ1v) is 6.46. The average molecular weight is 293 g/mol. The zero-order valence-corrected chi connectivity index (χ0v) is 11.1. The zero-order chi connectivity index (χ0) is 14.5. The Balaban J connectivity index is 2.06. The second kappa shape index (κ2) is 6.17. The first kappa shape index (κ1) is 14.0. The van der Waals surface area contributed by atoms with Crippen LogP contribution in [0.5, 0.6) is 0 Å². The molecule has 0 spiro atoms. The highest BCUT2D eigenvalue weighted by Crippen LogP contribution is 2.19. The van der Waals surface area contributed by atoms with Crippen molar-refractivity contribution in [2.75, 3.05) is 5.32 Å². The number of anilines is 1. The minimum absolute atomic E-state index is 0.0810. The number of para-hydroxylation sites is 1. The summed E-state index contributed by atoms with van der Waals surface area (Å²) in [6, 6.07) is 6.11. The first-order valence-electron chi connectivity index (χ1n) is 5.64. The summed E-state index contributed by atoms with van der Waals surface area (Å²) in [4.78, 5) is 22.2. The maximum absolute atomic E-state index is 11.8. The number of hydrogen-bond acceptors (Lipinski definition) is 7. The van der Waals surface area contributed by atoms with Crippen LogP contribution in [0.15, 0.2) is 24.3 Å². The van der Waals surface area contributed by atoms with Gasteiger partial charge < -0.3 is 11.1 Å². The molecule has 0 fully saturated rings. The molecule has 20 heavy (non-hydrogen) atoms. The summed E-state index contributed by atoms with van der Waals surface area (Å²) in [5, 5.41) is 21.8. The second-order valence-corrected chi connectivity index (χ2v) is 4.88. The van der Waals surface area contributed by atoms with E-state index >= 15 is 0 Å². The van der Waals surface area contributed by atoms with Crippen molar-refractivity contribution in [2.24, 2.45) is 5.73 Å². The van der Waals surface area contributed by atoms with Gasteiger partial charge in [0.25, 0.3) is 5.69 Å². The lowest BCUT2D eigenvalue weighted by molar-refractivity contribution is -0.385. The van der Waals surface area contributed by atoms with Gasteiger partial charge in [-0.05, 0) is 0 Å². The van der Waals surface area contributed by atoms with Crippen molar-refractivity contribution in [2.45, 2.75) is 13.0 Å². The van der Waals surface area contributed by atoms with Crippen molar-refractivity contribution in [1.29, 1.82) is 0 Å². The summed E-state index contributed by atoms with van der Waals surface area (Å²) >= 11 is 1.17. The number of nitro groups is 1. The Labute approximate surface area is 117 Å². The van der Waals surface area contributed by atoms with E-state index in [4.69, 9.17) is 5.73 Å². The van der Waals surface area contributed by atoms with E-state index in [1.165, 1.54) is 17.4 Å². The highest BCUT2D eigenvalue weighted by atomic mass is 32.1. The topological polar surface area (TPSA) is 124 Å². The summed E-state index contributed by atoms with van der Waals surface area (Å²) in [7, 11) is 0. The second-order valence-electron chi connectivity index (χ2n) is 3.82. The molecule has 1 aromatic heterocycles. The van der Waals surface area contributed by atoms with E-state index < -0.39 is 4.92 Å². The molecule has 8 nitrogen and oxygen atoms in total. The SMILES string of the molecule is NCc1nnc(NC(=O)Cc2ccccc2[N+](=O)[O-])s1. The van der Waals surface area contributed by atoms with E-state index in [0.29, 0.717) is 15.7 Å². The number of benzene rings is 1. The standard InChI is InChI=1S/C11H11N5O3S/c12-6-10-14-15-11(20-10)13-9(17)5-7-3-1-2-4-8(7)16(18)19/h1-4H,5-6,12H2,(H,13,15,17). The van der Waals surface area contributed by atoms with Crippen molar-refractivity contribution in [3.05, 3.63) is 45.0 Å². The Bertz CT molecular complexity index is 642. The average Bonchev–Trinajstić information content (AvgIpc) is 2.86. The molecular formula is C11H11N5O3S. The number of amides is 1. The lowest BCUT2D eigenvalue weighted by atomic mass is 10.1. The van der Waals surface area contributed by atoms with Gasteiger partial charge in [-0.2, -0.15) is 0 Å². The summed E-state index contributed by atoms with van der Waals surface area (Å²) in [6.45, 7) is 0.248. The Morgan fingerprint density at radius 2 is 2.15 bits per heavy atom. The van der Waals surface area contributed by atoms with Gasteiger partial charge in [0.2, 0.25) is 11.0 Å². The van der Waals surface area contributed by atoms with Crippen LogP contribution in [0.1, 0.15) is 10.6 Å². The zero-order valence-electron chi connectivity index (χ0n) is 10.3. The molecule has 9 heteroatoms. The van der Waals surface area contributed by atoms with E-state index in [0.717, 1.165) is 0 Å². The number of carbonyl (C=O) groups excluding carboxylic acids is 1. The summed E-state index contributed by atoms with van der Waals surface area (Å²) in [5.74, 6) is -0.390. The number of rotatable bonds is 5. The van der Waals surface area contributed by atoms with Crippen LogP contribution in [-0.2, 0) is 17.8 Å². The van der Waals surface area contributed by atoms with Crippen LogP contribution in [0, 0.1) is 10.1 Å². The van der Waals surface area contributed by atoms with Gasteiger partial charge in [0.1, 0.15) is 5.01 Å². The quantitative estimate of drug-likeness (QED) is 0.628.